The average Bonchev–Trinajstić information content (AvgIpc) is 2.58. The Bertz CT molecular complexity index is 654. The number of aryl methyl sites for hydroxylation is 1. The highest BCUT2D eigenvalue weighted by atomic mass is 35.5. The molecule has 1 N–H and O–H groups in total. The third-order valence-electron chi connectivity index (χ3n) is 3.17. The maximum atomic E-state index is 11.7. The Labute approximate surface area is 141 Å². The van der Waals surface area contributed by atoms with E-state index in [0.717, 1.165) is 18.6 Å². The molecule has 0 aliphatic heterocycles. The molecule has 0 heterocycles. The van der Waals surface area contributed by atoms with E-state index < -0.39 is 0 Å². The first-order valence-corrected chi connectivity index (χ1v) is 7.75. The monoisotopic (exact) mass is 330 g/mol. The molecular weight excluding hydrogens is 312 g/mol. The van der Waals surface area contributed by atoms with E-state index in [9.17, 15) is 4.79 Å². The van der Waals surface area contributed by atoms with Gasteiger partial charge >= 0.3 is 0 Å². The number of nitrogens with zero attached hydrogens (tertiary/aromatic N) is 1. The highest BCUT2D eigenvalue weighted by Gasteiger charge is 2.02. The summed E-state index contributed by atoms with van der Waals surface area (Å²) in [7, 11) is 0. The van der Waals surface area contributed by atoms with Crippen molar-refractivity contribution in [2.75, 3.05) is 6.61 Å². The van der Waals surface area contributed by atoms with Crippen LogP contribution < -0.4 is 10.2 Å². The second-order valence-electron chi connectivity index (χ2n) is 5.11. The van der Waals surface area contributed by atoms with Crippen LogP contribution in [0.3, 0.4) is 0 Å². The van der Waals surface area contributed by atoms with Crippen LogP contribution in [0.1, 0.15) is 18.9 Å². The summed E-state index contributed by atoms with van der Waals surface area (Å²) in [5.74, 6) is 0.299. The number of carbonyl (C=O) groups excluding carboxylic acids is 1. The van der Waals surface area contributed by atoms with E-state index in [1.165, 1.54) is 5.56 Å². The molecule has 2 rings (SSSR count). The average molecular weight is 331 g/mol. The van der Waals surface area contributed by atoms with E-state index in [1.807, 2.05) is 25.1 Å². The van der Waals surface area contributed by atoms with Crippen LogP contribution in [0.25, 0.3) is 0 Å². The summed E-state index contributed by atoms with van der Waals surface area (Å²) in [5.41, 5.74) is 4.62. The fourth-order valence-electron chi connectivity index (χ4n) is 1.90. The predicted molar refractivity (Wildman–Crippen MR) is 93.0 cm³/mol. The normalized spacial score (nSPS) is 11.1. The van der Waals surface area contributed by atoms with Gasteiger partial charge in [0.1, 0.15) is 5.75 Å². The quantitative estimate of drug-likeness (QED) is 0.619. The second-order valence-corrected chi connectivity index (χ2v) is 5.55. The Morgan fingerprint density at radius 2 is 1.83 bits per heavy atom. The van der Waals surface area contributed by atoms with Gasteiger partial charge in [0, 0.05) is 10.7 Å². The number of benzene rings is 2. The topological polar surface area (TPSA) is 50.7 Å². The molecule has 0 saturated carbocycles. The minimum atomic E-state index is -0.293. The lowest BCUT2D eigenvalue weighted by molar-refractivity contribution is -0.123. The number of hydrogen-bond donors (Lipinski definition) is 1. The van der Waals surface area contributed by atoms with Gasteiger partial charge in [-0.3, -0.25) is 4.79 Å². The first-order chi connectivity index (χ1) is 11.1. The molecule has 0 saturated heterocycles. The fourth-order valence-corrected chi connectivity index (χ4v) is 2.02. The number of rotatable bonds is 7. The van der Waals surface area contributed by atoms with Gasteiger partial charge in [-0.1, -0.05) is 41.9 Å². The lowest BCUT2D eigenvalue weighted by atomic mass is 10.1. The first-order valence-electron chi connectivity index (χ1n) is 7.38. The lowest BCUT2D eigenvalue weighted by Crippen LogP contribution is -2.25. The van der Waals surface area contributed by atoms with E-state index in [4.69, 9.17) is 16.3 Å². The third kappa shape index (κ3) is 6.53. The van der Waals surface area contributed by atoms with Crippen molar-refractivity contribution < 1.29 is 9.53 Å². The molecule has 2 aromatic rings. The molecule has 4 nitrogen and oxygen atoms in total. The van der Waals surface area contributed by atoms with Crippen LogP contribution in [0.4, 0.5) is 0 Å². The summed E-state index contributed by atoms with van der Waals surface area (Å²) < 4.78 is 5.34. The molecule has 2 aromatic carbocycles. The van der Waals surface area contributed by atoms with Gasteiger partial charge in [-0.15, -0.1) is 0 Å². The zero-order valence-corrected chi connectivity index (χ0v) is 13.7. The molecule has 23 heavy (non-hydrogen) atoms. The largest absolute Gasteiger partial charge is 0.484 e. The maximum Gasteiger partial charge on any atom is 0.277 e. The van der Waals surface area contributed by atoms with Crippen molar-refractivity contribution in [1.29, 1.82) is 0 Å². The number of hydrogen-bond acceptors (Lipinski definition) is 3. The van der Waals surface area contributed by atoms with Crippen molar-refractivity contribution >= 4 is 23.2 Å². The maximum absolute atomic E-state index is 11.7. The van der Waals surface area contributed by atoms with Gasteiger partial charge in [-0.05, 0) is 49.6 Å². The SMILES string of the molecule is C/C(CCc1ccccc1)=N/NC(=O)COc1ccc(Cl)cc1. The van der Waals surface area contributed by atoms with Crippen LogP contribution in [0.2, 0.25) is 5.02 Å². The van der Waals surface area contributed by atoms with Gasteiger partial charge in [-0.2, -0.15) is 5.10 Å². The molecular formula is C18H19ClN2O2. The van der Waals surface area contributed by atoms with Crippen molar-refractivity contribution in [3.8, 4) is 5.75 Å². The Morgan fingerprint density at radius 3 is 2.52 bits per heavy atom. The Hall–Kier alpha value is -2.33. The number of nitrogens with one attached hydrogen (secondary N) is 1. The summed E-state index contributed by atoms with van der Waals surface area (Å²) in [6, 6.07) is 17.0. The number of hydrazone groups is 1. The number of halogens is 1. The fraction of sp³-hybridized carbons (Fsp3) is 0.222. The zero-order valence-electron chi connectivity index (χ0n) is 13.0. The highest BCUT2D eigenvalue weighted by Crippen LogP contribution is 2.15. The lowest BCUT2D eigenvalue weighted by Gasteiger charge is -2.06. The van der Waals surface area contributed by atoms with Crippen molar-refractivity contribution in [3.05, 3.63) is 65.2 Å². The molecule has 1 amide bonds. The zero-order chi connectivity index (χ0) is 16.5. The molecule has 0 fully saturated rings. The van der Waals surface area contributed by atoms with Gasteiger partial charge < -0.3 is 4.74 Å². The molecule has 0 aliphatic carbocycles. The van der Waals surface area contributed by atoms with E-state index in [-0.39, 0.29) is 12.5 Å². The summed E-state index contributed by atoms with van der Waals surface area (Å²) >= 11 is 5.78. The molecule has 0 bridgehead atoms. The number of carbonyl (C=O) groups is 1. The highest BCUT2D eigenvalue weighted by molar-refractivity contribution is 6.30. The summed E-state index contributed by atoms with van der Waals surface area (Å²) in [6.07, 6.45) is 1.69. The molecule has 0 radical (unpaired) electrons. The van der Waals surface area contributed by atoms with Gasteiger partial charge in [0.05, 0.1) is 0 Å². The van der Waals surface area contributed by atoms with Gasteiger partial charge in [-0.25, -0.2) is 5.43 Å². The Morgan fingerprint density at radius 1 is 1.13 bits per heavy atom. The van der Waals surface area contributed by atoms with E-state index in [0.29, 0.717) is 10.8 Å². The second kappa shape index (κ2) is 8.96. The molecule has 0 spiro atoms. The van der Waals surface area contributed by atoms with Gasteiger partial charge in [0.2, 0.25) is 0 Å². The predicted octanol–water partition coefficient (Wildman–Crippen LogP) is 3.84. The van der Waals surface area contributed by atoms with Crippen LogP contribution >= 0.6 is 11.6 Å². The van der Waals surface area contributed by atoms with Crippen LogP contribution in [0.15, 0.2) is 59.7 Å². The van der Waals surface area contributed by atoms with E-state index in [2.05, 4.69) is 22.7 Å². The standard InChI is InChI=1S/C18H19ClN2O2/c1-14(7-8-15-5-3-2-4-6-15)20-21-18(22)13-23-17-11-9-16(19)10-12-17/h2-6,9-12H,7-8,13H2,1H3,(H,21,22)/b20-14-. The van der Waals surface area contributed by atoms with Crippen molar-refractivity contribution in [2.24, 2.45) is 5.10 Å². The minimum absolute atomic E-state index is 0.0862. The van der Waals surface area contributed by atoms with Gasteiger partial charge in [0.25, 0.3) is 5.91 Å². The third-order valence-corrected chi connectivity index (χ3v) is 3.43. The van der Waals surface area contributed by atoms with Crippen LogP contribution in [0.5, 0.6) is 5.75 Å². The first kappa shape index (κ1) is 17.0. The number of ether oxygens (including phenoxy) is 1. The van der Waals surface area contributed by atoms with Gasteiger partial charge in [0.15, 0.2) is 6.61 Å². The number of amides is 1. The van der Waals surface area contributed by atoms with Crippen molar-refractivity contribution in [3.63, 3.8) is 0 Å². The molecule has 0 aromatic heterocycles. The van der Waals surface area contributed by atoms with Crippen LogP contribution in [-0.2, 0) is 11.2 Å². The Balaban J connectivity index is 1.71. The van der Waals surface area contributed by atoms with Crippen molar-refractivity contribution in [2.45, 2.75) is 19.8 Å². The summed E-state index contributed by atoms with van der Waals surface area (Å²) in [4.78, 5) is 11.7. The molecule has 120 valence electrons. The molecule has 0 atom stereocenters. The molecule has 0 aliphatic rings. The summed E-state index contributed by atoms with van der Waals surface area (Å²) in [5, 5.41) is 4.71. The Kier molecular flexibility index (Phi) is 6.63. The van der Waals surface area contributed by atoms with E-state index >= 15 is 0 Å². The molecule has 5 heteroatoms. The molecule has 0 unspecified atom stereocenters. The minimum Gasteiger partial charge on any atom is -0.484 e. The smallest absolute Gasteiger partial charge is 0.277 e. The van der Waals surface area contributed by atoms with Crippen LogP contribution in [-0.4, -0.2) is 18.2 Å². The van der Waals surface area contributed by atoms with E-state index in [1.54, 1.807) is 24.3 Å². The van der Waals surface area contributed by atoms with Crippen molar-refractivity contribution in [1.82, 2.24) is 5.43 Å². The van der Waals surface area contributed by atoms with Crippen LogP contribution in [0, 0.1) is 0 Å². The summed E-state index contributed by atoms with van der Waals surface area (Å²) in [6.45, 7) is 1.81.